The molecule has 1 aliphatic heterocycles. The molecule has 0 saturated carbocycles. The predicted octanol–water partition coefficient (Wildman–Crippen LogP) is 1.32. The number of likely N-dealkylation sites (tertiary alicyclic amines) is 1. The molecule has 2 aromatic rings. The lowest BCUT2D eigenvalue weighted by Crippen LogP contribution is -2.48. The van der Waals surface area contributed by atoms with Gasteiger partial charge in [0.1, 0.15) is 11.5 Å². The van der Waals surface area contributed by atoms with E-state index >= 15 is 0 Å². The molecule has 1 saturated heterocycles. The fourth-order valence-electron chi connectivity index (χ4n) is 2.95. The Labute approximate surface area is 138 Å². The van der Waals surface area contributed by atoms with Gasteiger partial charge in [-0.25, -0.2) is 4.39 Å². The molecule has 24 heavy (non-hydrogen) atoms. The molecule has 0 radical (unpaired) electrons. The zero-order valence-electron chi connectivity index (χ0n) is 13.2. The summed E-state index contributed by atoms with van der Waals surface area (Å²) in [6, 6.07) is 8.10. The summed E-state index contributed by atoms with van der Waals surface area (Å²) in [5, 5.41) is 4.17. The van der Waals surface area contributed by atoms with Crippen molar-refractivity contribution < 1.29 is 9.18 Å². The molecule has 1 aliphatic rings. The Morgan fingerprint density at radius 1 is 1.21 bits per heavy atom. The Balaban J connectivity index is 1.94. The first-order chi connectivity index (χ1) is 11.6. The lowest BCUT2D eigenvalue weighted by molar-refractivity contribution is 0.0615. The Morgan fingerprint density at radius 2 is 1.96 bits per heavy atom. The van der Waals surface area contributed by atoms with E-state index in [1.54, 1.807) is 4.90 Å². The Hall–Kier alpha value is -2.54. The highest BCUT2D eigenvalue weighted by Gasteiger charge is 2.27. The van der Waals surface area contributed by atoms with Crippen LogP contribution in [-0.4, -0.2) is 39.7 Å². The minimum Gasteiger partial charge on any atom is -0.333 e. The van der Waals surface area contributed by atoms with Crippen molar-refractivity contribution >= 4 is 5.91 Å². The molecule has 6 nitrogen and oxygen atoms in total. The number of benzene rings is 1. The molecule has 0 aliphatic carbocycles. The second-order valence-electron chi connectivity index (χ2n) is 5.83. The van der Waals surface area contributed by atoms with Crippen LogP contribution in [0.15, 0.2) is 41.2 Å². The minimum absolute atomic E-state index is 0.000695. The molecular formula is C17H19FN4O2. The Kier molecular flexibility index (Phi) is 4.71. The van der Waals surface area contributed by atoms with Crippen LogP contribution in [0.3, 0.4) is 0 Å². The number of hydrogen-bond acceptors (Lipinski definition) is 4. The molecule has 1 amide bonds. The van der Waals surface area contributed by atoms with E-state index in [2.05, 4.69) is 5.10 Å². The van der Waals surface area contributed by atoms with E-state index in [1.807, 2.05) is 0 Å². The third-order valence-electron chi connectivity index (χ3n) is 4.25. The SMILES string of the molecule is NCC1CCCCN1C(=O)c1ccc(=O)n(-c2ccc(F)cc2)n1. The van der Waals surface area contributed by atoms with Crippen molar-refractivity contribution in [2.45, 2.75) is 25.3 Å². The number of halogens is 1. The van der Waals surface area contributed by atoms with Gasteiger partial charge in [-0.15, -0.1) is 0 Å². The van der Waals surface area contributed by atoms with Gasteiger partial charge in [-0.2, -0.15) is 9.78 Å². The summed E-state index contributed by atoms with van der Waals surface area (Å²) in [6.45, 7) is 1.04. The van der Waals surface area contributed by atoms with E-state index in [-0.39, 0.29) is 23.2 Å². The molecule has 2 N–H and O–H groups in total. The minimum atomic E-state index is -0.405. The van der Waals surface area contributed by atoms with Crippen LogP contribution < -0.4 is 11.3 Å². The van der Waals surface area contributed by atoms with Gasteiger partial charge >= 0.3 is 0 Å². The first kappa shape index (κ1) is 16.3. The van der Waals surface area contributed by atoms with Crippen LogP contribution in [0.2, 0.25) is 0 Å². The van der Waals surface area contributed by atoms with Crippen LogP contribution in [0.25, 0.3) is 5.69 Å². The van der Waals surface area contributed by atoms with Gasteiger partial charge in [-0.3, -0.25) is 9.59 Å². The molecule has 1 atom stereocenters. The lowest BCUT2D eigenvalue weighted by Gasteiger charge is -2.34. The van der Waals surface area contributed by atoms with Crippen LogP contribution >= 0.6 is 0 Å². The van der Waals surface area contributed by atoms with Crippen LogP contribution in [0.4, 0.5) is 4.39 Å². The van der Waals surface area contributed by atoms with Crippen LogP contribution in [0.1, 0.15) is 29.8 Å². The topological polar surface area (TPSA) is 81.2 Å². The fourth-order valence-corrected chi connectivity index (χ4v) is 2.95. The highest BCUT2D eigenvalue weighted by atomic mass is 19.1. The number of hydrogen-bond donors (Lipinski definition) is 1. The largest absolute Gasteiger partial charge is 0.333 e. The van der Waals surface area contributed by atoms with Crippen molar-refractivity contribution in [1.82, 2.24) is 14.7 Å². The summed E-state index contributed by atoms with van der Waals surface area (Å²) in [6.07, 6.45) is 2.85. The molecule has 126 valence electrons. The zero-order chi connectivity index (χ0) is 17.1. The fraction of sp³-hybridized carbons (Fsp3) is 0.353. The molecule has 0 bridgehead atoms. The molecule has 1 aromatic carbocycles. The maximum Gasteiger partial charge on any atom is 0.274 e. The van der Waals surface area contributed by atoms with Gasteiger partial charge in [0, 0.05) is 25.2 Å². The van der Waals surface area contributed by atoms with Gasteiger partial charge < -0.3 is 10.6 Å². The Bertz CT molecular complexity index is 788. The van der Waals surface area contributed by atoms with Gasteiger partial charge in [0.25, 0.3) is 11.5 Å². The van der Waals surface area contributed by atoms with Gasteiger partial charge in [0.05, 0.1) is 5.69 Å². The van der Waals surface area contributed by atoms with Crippen LogP contribution in [0, 0.1) is 5.82 Å². The summed E-state index contributed by atoms with van der Waals surface area (Å²) >= 11 is 0. The van der Waals surface area contributed by atoms with Gasteiger partial charge in [-0.05, 0) is 49.6 Å². The van der Waals surface area contributed by atoms with E-state index in [1.165, 1.54) is 36.4 Å². The number of aromatic nitrogens is 2. The first-order valence-electron chi connectivity index (χ1n) is 7.97. The lowest BCUT2D eigenvalue weighted by atomic mass is 10.0. The third kappa shape index (κ3) is 3.21. The summed E-state index contributed by atoms with van der Waals surface area (Å²) in [4.78, 5) is 26.5. The number of carbonyl (C=O) groups is 1. The molecular weight excluding hydrogens is 311 g/mol. The summed E-state index contributed by atoms with van der Waals surface area (Å²) in [5.41, 5.74) is 5.97. The van der Waals surface area contributed by atoms with Crippen molar-refractivity contribution in [3.63, 3.8) is 0 Å². The highest BCUT2D eigenvalue weighted by Crippen LogP contribution is 2.18. The normalized spacial score (nSPS) is 17.8. The van der Waals surface area contributed by atoms with Crippen molar-refractivity contribution in [3.05, 3.63) is 58.3 Å². The second kappa shape index (κ2) is 6.92. The summed E-state index contributed by atoms with van der Waals surface area (Å²) < 4.78 is 14.2. The van der Waals surface area contributed by atoms with E-state index < -0.39 is 5.82 Å². The molecule has 7 heteroatoms. The number of rotatable bonds is 3. The second-order valence-corrected chi connectivity index (χ2v) is 5.83. The number of piperidine rings is 1. The molecule has 0 spiro atoms. The highest BCUT2D eigenvalue weighted by molar-refractivity contribution is 5.92. The number of amides is 1. The first-order valence-corrected chi connectivity index (χ1v) is 7.97. The average Bonchev–Trinajstić information content (AvgIpc) is 2.62. The maximum atomic E-state index is 13.1. The van der Waals surface area contributed by atoms with Crippen molar-refractivity contribution in [2.75, 3.05) is 13.1 Å². The van der Waals surface area contributed by atoms with Crippen molar-refractivity contribution in [3.8, 4) is 5.69 Å². The van der Waals surface area contributed by atoms with Gasteiger partial charge in [0.2, 0.25) is 0 Å². The monoisotopic (exact) mass is 330 g/mol. The number of carbonyl (C=O) groups excluding carboxylic acids is 1. The molecule has 2 heterocycles. The van der Waals surface area contributed by atoms with Crippen LogP contribution in [0.5, 0.6) is 0 Å². The average molecular weight is 330 g/mol. The molecule has 1 fully saturated rings. The molecule has 1 unspecified atom stereocenters. The summed E-state index contributed by atoms with van der Waals surface area (Å²) in [7, 11) is 0. The van der Waals surface area contributed by atoms with Crippen molar-refractivity contribution in [2.24, 2.45) is 5.73 Å². The van der Waals surface area contributed by atoms with Gasteiger partial charge in [0.15, 0.2) is 0 Å². The van der Waals surface area contributed by atoms with Gasteiger partial charge in [-0.1, -0.05) is 0 Å². The van der Waals surface area contributed by atoms with E-state index in [9.17, 15) is 14.0 Å². The van der Waals surface area contributed by atoms with Crippen molar-refractivity contribution in [1.29, 1.82) is 0 Å². The van der Waals surface area contributed by atoms with E-state index in [0.717, 1.165) is 23.9 Å². The zero-order valence-corrected chi connectivity index (χ0v) is 13.2. The third-order valence-corrected chi connectivity index (χ3v) is 4.25. The van der Waals surface area contributed by atoms with E-state index in [0.29, 0.717) is 18.8 Å². The van der Waals surface area contributed by atoms with Crippen LogP contribution in [-0.2, 0) is 0 Å². The predicted molar refractivity (Wildman–Crippen MR) is 87.5 cm³/mol. The maximum absolute atomic E-state index is 13.1. The summed E-state index contributed by atoms with van der Waals surface area (Å²) in [5.74, 6) is -0.640. The number of nitrogens with two attached hydrogens (primary N) is 1. The standard InChI is InChI=1S/C17H19FN4O2/c18-12-4-6-13(7-5-12)22-16(23)9-8-15(20-22)17(24)21-10-2-1-3-14(21)11-19/h4-9,14H,1-3,10-11,19H2. The Morgan fingerprint density at radius 3 is 2.67 bits per heavy atom. The molecule has 1 aromatic heterocycles. The number of nitrogens with zero attached hydrogens (tertiary/aromatic N) is 3. The quantitative estimate of drug-likeness (QED) is 0.920. The smallest absolute Gasteiger partial charge is 0.274 e. The molecule has 3 rings (SSSR count). The van der Waals surface area contributed by atoms with E-state index in [4.69, 9.17) is 5.73 Å².